The van der Waals surface area contributed by atoms with Crippen molar-refractivity contribution in [3.05, 3.63) is 18.2 Å². The van der Waals surface area contributed by atoms with Crippen molar-refractivity contribution in [3.8, 4) is 0 Å². The van der Waals surface area contributed by atoms with E-state index in [1.54, 1.807) is 0 Å². The monoisotopic (exact) mass is 264 g/mol. The average molecular weight is 264 g/mol. The van der Waals surface area contributed by atoms with Crippen LogP contribution in [0.1, 0.15) is 64.6 Å². The largest absolute Gasteiger partial charge is 0.389 e. The highest BCUT2D eigenvalue weighted by atomic mass is 16.3. The molecule has 19 heavy (non-hydrogen) atoms. The molecular weight excluding hydrogens is 236 g/mol. The normalized spacial score (nSPS) is 28.3. The number of aromatic nitrogens is 2. The van der Waals surface area contributed by atoms with Crippen LogP contribution in [0, 0.1) is 5.92 Å². The van der Waals surface area contributed by atoms with Crippen molar-refractivity contribution in [1.82, 2.24) is 9.55 Å². The minimum absolute atomic E-state index is 0.527. The van der Waals surface area contributed by atoms with E-state index in [0.717, 1.165) is 50.4 Å². The van der Waals surface area contributed by atoms with E-state index in [1.165, 1.54) is 19.3 Å². The molecule has 0 aliphatic heterocycles. The van der Waals surface area contributed by atoms with Gasteiger partial charge in [-0.2, -0.15) is 0 Å². The molecule has 0 amide bonds. The summed E-state index contributed by atoms with van der Waals surface area (Å²) in [6.07, 6.45) is 12.4. The van der Waals surface area contributed by atoms with Crippen molar-refractivity contribution in [2.24, 2.45) is 5.92 Å². The molecule has 1 aromatic rings. The Bertz CT molecular complexity index is 388. The molecule has 0 aromatic carbocycles. The van der Waals surface area contributed by atoms with Gasteiger partial charge in [0.05, 0.1) is 5.60 Å². The highest BCUT2D eigenvalue weighted by Crippen LogP contribution is 2.33. The van der Waals surface area contributed by atoms with Gasteiger partial charge in [0.1, 0.15) is 5.82 Å². The number of nitrogens with zero attached hydrogens (tertiary/aromatic N) is 2. The zero-order valence-electron chi connectivity index (χ0n) is 12.4. The Balaban J connectivity index is 2.01. The van der Waals surface area contributed by atoms with Gasteiger partial charge in [-0.05, 0) is 31.6 Å². The first-order chi connectivity index (χ1) is 9.17. The first kappa shape index (κ1) is 14.6. The number of hydrogen-bond acceptors (Lipinski definition) is 2. The molecule has 0 radical (unpaired) electrons. The molecule has 1 saturated carbocycles. The van der Waals surface area contributed by atoms with Crippen LogP contribution in [-0.2, 0) is 13.0 Å². The molecule has 3 heteroatoms. The number of hydrogen-bond donors (Lipinski definition) is 1. The molecule has 1 aromatic heterocycles. The summed E-state index contributed by atoms with van der Waals surface area (Å²) < 4.78 is 2.19. The van der Waals surface area contributed by atoms with Gasteiger partial charge >= 0.3 is 0 Å². The smallest absolute Gasteiger partial charge is 0.111 e. The average Bonchev–Trinajstić information content (AvgIpc) is 2.72. The second-order valence-corrected chi connectivity index (χ2v) is 6.14. The van der Waals surface area contributed by atoms with Gasteiger partial charge < -0.3 is 9.67 Å². The molecule has 0 spiro atoms. The fourth-order valence-electron chi connectivity index (χ4n) is 3.29. The second-order valence-electron chi connectivity index (χ2n) is 6.14. The molecular formula is C16H28N2O. The Morgan fingerprint density at radius 1 is 1.37 bits per heavy atom. The minimum atomic E-state index is -0.527. The van der Waals surface area contributed by atoms with Gasteiger partial charge in [-0.1, -0.05) is 33.1 Å². The summed E-state index contributed by atoms with van der Waals surface area (Å²) in [5.74, 6) is 1.86. The predicted molar refractivity (Wildman–Crippen MR) is 78.0 cm³/mol. The van der Waals surface area contributed by atoms with E-state index in [-0.39, 0.29) is 0 Å². The van der Waals surface area contributed by atoms with Crippen molar-refractivity contribution >= 4 is 0 Å². The fourth-order valence-corrected chi connectivity index (χ4v) is 3.29. The van der Waals surface area contributed by atoms with Crippen LogP contribution in [0.5, 0.6) is 0 Å². The molecule has 2 rings (SSSR count). The van der Waals surface area contributed by atoms with Crippen LogP contribution >= 0.6 is 0 Å². The number of imidazole rings is 1. The minimum Gasteiger partial charge on any atom is -0.389 e. The quantitative estimate of drug-likeness (QED) is 0.826. The summed E-state index contributed by atoms with van der Waals surface area (Å²) in [6.45, 7) is 5.45. The molecule has 108 valence electrons. The van der Waals surface area contributed by atoms with Crippen molar-refractivity contribution in [2.45, 2.75) is 77.4 Å². The van der Waals surface area contributed by atoms with Crippen LogP contribution < -0.4 is 0 Å². The summed E-state index contributed by atoms with van der Waals surface area (Å²) in [5, 5.41) is 10.9. The SMILES string of the molecule is CCCn1ccnc1CC1(O)CCCC(CC)CC1. The molecule has 0 saturated heterocycles. The molecule has 1 N–H and O–H groups in total. The molecule has 1 aliphatic rings. The molecule has 1 aliphatic carbocycles. The highest BCUT2D eigenvalue weighted by molar-refractivity contribution is 4.99. The fraction of sp³-hybridized carbons (Fsp3) is 0.812. The van der Waals surface area contributed by atoms with Gasteiger partial charge in [-0.15, -0.1) is 0 Å². The third-order valence-electron chi connectivity index (χ3n) is 4.60. The van der Waals surface area contributed by atoms with Gasteiger partial charge in [0.25, 0.3) is 0 Å². The van der Waals surface area contributed by atoms with Gasteiger partial charge in [0.15, 0.2) is 0 Å². The molecule has 2 atom stereocenters. The number of rotatable bonds is 5. The number of aryl methyl sites for hydroxylation is 1. The molecule has 1 fully saturated rings. The molecule has 0 bridgehead atoms. The van der Waals surface area contributed by atoms with Crippen LogP contribution in [0.3, 0.4) is 0 Å². The zero-order chi connectivity index (χ0) is 13.7. The molecule has 2 unspecified atom stereocenters. The summed E-state index contributed by atoms with van der Waals surface area (Å²) >= 11 is 0. The molecule has 3 nitrogen and oxygen atoms in total. The third-order valence-corrected chi connectivity index (χ3v) is 4.60. The topological polar surface area (TPSA) is 38.0 Å². The van der Waals surface area contributed by atoms with Crippen molar-refractivity contribution < 1.29 is 5.11 Å². The Hall–Kier alpha value is -0.830. The summed E-state index contributed by atoms with van der Waals surface area (Å²) in [5.41, 5.74) is -0.527. The van der Waals surface area contributed by atoms with Gasteiger partial charge in [0.2, 0.25) is 0 Å². The van der Waals surface area contributed by atoms with E-state index in [9.17, 15) is 5.11 Å². The van der Waals surface area contributed by atoms with Crippen LogP contribution in [-0.4, -0.2) is 20.3 Å². The van der Waals surface area contributed by atoms with Crippen molar-refractivity contribution in [1.29, 1.82) is 0 Å². The summed E-state index contributed by atoms with van der Waals surface area (Å²) in [7, 11) is 0. The van der Waals surface area contributed by atoms with Crippen LogP contribution in [0.15, 0.2) is 12.4 Å². The first-order valence-electron chi connectivity index (χ1n) is 7.89. The maximum absolute atomic E-state index is 10.9. The maximum Gasteiger partial charge on any atom is 0.111 e. The van der Waals surface area contributed by atoms with Crippen LogP contribution in [0.25, 0.3) is 0 Å². The number of aliphatic hydroxyl groups is 1. The van der Waals surface area contributed by atoms with Crippen LogP contribution in [0.4, 0.5) is 0 Å². The summed E-state index contributed by atoms with van der Waals surface area (Å²) in [4.78, 5) is 4.45. The van der Waals surface area contributed by atoms with Gasteiger partial charge in [-0.25, -0.2) is 4.98 Å². The Morgan fingerprint density at radius 3 is 2.95 bits per heavy atom. The highest BCUT2D eigenvalue weighted by Gasteiger charge is 2.31. The lowest BCUT2D eigenvalue weighted by atomic mass is 9.89. The third kappa shape index (κ3) is 3.82. The van der Waals surface area contributed by atoms with Crippen LogP contribution in [0.2, 0.25) is 0 Å². The standard InChI is InChI=1S/C16H28N2O/c1-3-11-18-12-10-17-15(18)13-16(19)8-5-6-14(4-2)7-9-16/h10,12,14,19H,3-9,11,13H2,1-2H3. The first-order valence-corrected chi connectivity index (χ1v) is 7.89. The van der Waals surface area contributed by atoms with Crippen molar-refractivity contribution in [3.63, 3.8) is 0 Å². The lowest BCUT2D eigenvalue weighted by Gasteiger charge is -2.26. The van der Waals surface area contributed by atoms with Gasteiger partial charge in [0, 0.05) is 25.4 Å². The van der Waals surface area contributed by atoms with E-state index in [0.29, 0.717) is 0 Å². The Kier molecular flexibility index (Phi) is 5.03. The lowest BCUT2D eigenvalue weighted by Crippen LogP contribution is -2.32. The molecule has 1 heterocycles. The van der Waals surface area contributed by atoms with Gasteiger partial charge in [-0.3, -0.25) is 0 Å². The summed E-state index contributed by atoms with van der Waals surface area (Å²) in [6, 6.07) is 0. The predicted octanol–water partition coefficient (Wildman–Crippen LogP) is 3.56. The van der Waals surface area contributed by atoms with E-state index in [4.69, 9.17) is 0 Å². The Morgan fingerprint density at radius 2 is 2.21 bits per heavy atom. The maximum atomic E-state index is 10.9. The van der Waals surface area contributed by atoms with E-state index >= 15 is 0 Å². The zero-order valence-corrected chi connectivity index (χ0v) is 12.4. The lowest BCUT2D eigenvalue weighted by molar-refractivity contribution is 0.0215. The van der Waals surface area contributed by atoms with E-state index < -0.39 is 5.60 Å². The Labute approximate surface area is 117 Å². The van der Waals surface area contributed by atoms with Crippen molar-refractivity contribution in [2.75, 3.05) is 0 Å². The second kappa shape index (κ2) is 6.56. The van der Waals surface area contributed by atoms with E-state index in [1.807, 2.05) is 12.4 Å². The van der Waals surface area contributed by atoms with E-state index in [2.05, 4.69) is 23.4 Å².